The molecule has 0 aliphatic carbocycles. The molecule has 6 nitrogen and oxygen atoms in total. The largest absolute Gasteiger partial charge is 0.491 e. The van der Waals surface area contributed by atoms with Gasteiger partial charge in [0.1, 0.15) is 18.5 Å². The van der Waals surface area contributed by atoms with Crippen molar-refractivity contribution < 1.29 is 19.4 Å². The summed E-state index contributed by atoms with van der Waals surface area (Å²) in [7, 11) is 0. The fourth-order valence-electron chi connectivity index (χ4n) is 3.81. The first-order valence-corrected chi connectivity index (χ1v) is 11.1. The van der Waals surface area contributed by atoms with Crippen LogP contribution in [0.3, 0.4) is 0 Å². The van der Waals surface area contributed by atoms with Crippen molar-refractivity contribution in [3.05, 3.63) is 66.2 Å². The standard InChI is InChI=1S/C25H34N2O4/c1-20(2)15-27(25(29)21-9-5-3-6-10-21)18-24-17-26(13-14-30-24)16-22(28)19-31-23-11-7-4-8-12-23/h3-12,20,22,24,28H,13-19H2,1-2H3. The molecule has 1 heterocycles. The number of carbonyl (C=O) groups is 1. The first-order chi connectivity index (χ1) is 15.0. The highest BCUT2D eigenvalue weighted by Crippen LogP contribution is 2.14. The summed E-state index contributed by atoms with van der Waals surface area (Å²) >= 11 is 0. The second-order valence-electron chi connectivity index (χ2n) is 8.50. The van der Waals surface area contributed by atoms with Crippen molar-refractivity contribution in [3.63, 3.8) is 0 Å². The van der Waals surface area contributed by atoms with Gasteiger partial charge in [-0.05, 0) is 30.2 Å². The Kier molecular flexibility index (Phi) is 8.88. The number of nitrogens with zero attached hydrogens (tertiary/aromatic N) is 2. The molecule has 1 N–H and O–H groups in total. The highest BCUT2D eigenvalue weighted by atomic mass is 16.5. The summed E-state index contributed by atoms with van der Waals surface area (Å²) in [5.74, 6) is 1.15. The van der Waals surface area contributed by atoms with Crippen LogP contribution in [-0.4, -0.2) is 79.0 Å². The predicted octanol–water partition coefficient (Wildman–Crippen LogP) is 2.93. The maximum absolute atomic E-state index is 13.0. The van der Waals surface area contributed by atoms with Crippen LogP contribution in [0.4, 0.5) is 0 Å². The number of hydrogen-bond acceptors (Lipinski definition) is 5. The van der Waals surface area contributed by atoms with E-state index in [2.05, 4.69) is 18.7 Å². The molecule has 2 aromatic rings. The van der Waals surface area contributed by atoms with Crippen molar-refractivity contribution in [1.82, 2.24) is 9.80 Å². The van der Waals surface area contributed by atoms with E-state index in [0.717, 1.165) is 12.3 Å². The van der Waals surface area contributed by atoms with E-state index in [9.17, 15) is 9.90 Å². The Morgan fingerprint density at radius 2 is 1.84 bits per heavy atom. The first kappa shape index (κ1) is 23.3. The number of para-hydroxylation sites is 1. The highest BCUT2D eigenvalue weighted by molar-refractivity contribution is 5.94. The Balaban J connectivity index is 1.52. The zero-order valence-corrected chi connectivity index (χ0v) is 18.5. The maximum atomic E-state index is 13.0. The third-order valence-electron chi connectivity index (χ3n) is 5.19. The summed E-state index contributed by atoms with van der Waals surface area (Å²) in [5.41, 5.74) is 0.698. The topological polar surface area (TPSA) is 62.2 Å². The fourth-order valence-corrected chi connectivity index (χ4v) is 3.81. The lowest BCUT2D eigenvalue weighted by atomic mass is 10.1. The van der Waals surface area contributed by atoms with Crippen LogP contribution in [0.1, 0.15) is 24.2 Å². The van der Waals surface area contributed by atoms with Gasteiger partial charge >= 0.3 is 0 Å². The van der Waals surface area contributed by atoms with Crippen LogP contribution in [0.25, 0.3) is 0 Å². The average Bonchev–Trinajstić information content (AvgIpc) is 2.78. The number of benzene rings is 2. The maximum Gasteiger partial charge on any atom is 0.253 e. The lowest BCUT2D eigenvalue weighted by molar-refractivity contribution is -0.0542. The zero-order chi connectivity index (χ0) is 22.1. The molecule has 1 saturated heterocycles. The van der Waals surface area contributed by atoms with E-state index >= 15 is 0 Å². The van der Waals surface area contributed by atoms with Gasteiger partial charge in [0, 0.05) is 38.3 Å². The van der Waals surface area contributed by atoms with E-state index in [4.69, 9.17) is 9.47 Å². The minimum Gasteiger partial charge on any atom is -0.491 e. The summed E-state index contributed by atoms with van der Waals surface area (Å²) in [6.07, 6.45) is -0.668. The lowest BCUT2D eigenvalue weighted by Gasteiger charge is -2.37. The molecule has 0 bridgehead atoms. The zero-order valence-electron chi connectivity index (χ0n) is 18.5. The van der Waals surface area contributed by atoms with Crippen LogP contribution in [0.5, 0.6) is 5.75 Å². The predicted molar refractivity (Wildman–Crippen MR) is 121 cm³/mol. The van der Waals surface area contributed by atoms with Gasteiger partial charge in [0.05, 0.1) is 12.7 Å². The first-order valence-electron chi connectivity index (χ1n) is 11.1. The third kappa shape index (κ3) is 7.65. The summed E-state index contributed by atoms with van der Waals surface area (Å²) in [6, 6.07) is 18.9. The molecule has 0 saturated carbocycles. The van der Waals surface area contributed by atoms with Crippen LogP contribution in [-0.2, 0) is 4.74 Å². The normalized spacial score (nSPS) is 18.0. The number of hydrogen-bond donors (Lipinski definition) is 1. The smallest absolute Gasteiger partial charge is 0.253 e. The van der Waals surface area contributed by atoms with Crippen LogP contribution in [0.15, 0.2) is 60.7 Å². The van der Waals surface area contributed by atoms with E-state index in [1.54, 1.807) is 0 Å². The molecular formula is C25H34N2O4. The summed E-state index contributed by atoms with van der Waals surface area (Å²) < 4.78 is 11.6. The molecule has 1 amide bonds. The number of ether oxygens (including phenoxy) is 2. The van der Waals surface area contributed by atoms with Crippen molar-refractivity contribution in [2.45, 2.75) is 26.1 Å². The molecule has 6 heteroatoms. The number of β-amino-alcohol motifs (C(OH)–C–C–N with tert-alkyl or cyclic N) is 1. The molecule has 1 aliphatic rings. The third-order valence-corrected chi connectivity index (χ3v) is 5.19. The highest BCUT2D eigenvalue weighted by Gasteiger charge is 2.27. The Morgan fingerprint density at radius 1 is 1.16 bits per heavy atom. The Labute approximate surface area is 185 Å². The van der Waals surface area contributed by atoms with E-state index < -0.39 is 6.10 Å². The Hall–Kier alpha value is -2.41. The average molecular weight is 427 g/mol. The summed E-state index contributed by atoms with van der Waals surface area (Å²) in [5, 5.41) is 10.4. The van der Waals surface area contributed by atoms with Gasteiger partial charge in [-0.2, -0.15) is 0 Å². The number of rotatable bonds is 10. The molecule has 0 radical (unpaired) electrons. The van der Waals surface area contributed by atoms with E-state index in [1.165, 1.54) is 0 Å². The van der Waals surface area contributed by atoms with Gasteiger partial charge in [-0.15, -0.1) is 0 Å². The number of carbonyl (C=O) groups excluding carboxylic acids is 1. The van der Waals surface area contributed by atoms with Gasteiger partial charge in [-0.1, -0.05) is 50.2 Å². The number of aliphatic hydroxyl groups is 1. The summed E-state index contributed by atoms with van der Waals surface area (Å²) in [4.78, 5) is 17.1. The molecule has 2 atom stereocenters. The molecular weight excluding hydrogens is 392 g/mol. The van der Waals surface area contributed by atoms with E-state index in [-0.39, 0.29) is 18.6 Å². The van der Waals surface area contributed by atoms with Crippen molar-refractivity contribution in [1.29, 1.82) is 0 Å². The number of amides is 1. The molecule has 0 spiro atoms. The number of aliphatic hydroxyl groups excluding tert-OH is 1. The minimum atomic E-state index is -0.586. The molecule has 1 fully saturated rings. The number of morpholine rings is 1. The molecule has 0 aromatic heterocycles. The van der Waals surface area contributed by atoms with E-state index in [0.29, 0.717) is 44.3 Å². The van der Waals surface area contributed by atoms with Crippen molar-refractivity contribution in [3.8, 4) is 5.75 Å². The fraction of sp³-hybridized carbons (Fsp3) is 0.480. The molecule has 2 aromatic carbocycles. The SMILES string of the molecule is CC(C)CN(CC1CN(CC(O)COc2ccccc2)CCO1)C(=O)c1ccccc1. The van der Waals surface area contributed by atoms with Crippen LogP contribution < -0.4 is 4.74 Å². The van der Waals surface area contributed by atoms with Crippen molar-refractivity contribution in [2.75, 3.05) is 45.9 Å². The van der Waals surface area contributed by atoms with E-state index in [1.807, 2.05) is 65.6 Å². The van der Waals surface area contributed by atoms with Gasteiger partial charge in [-0.3, -0.25) is 9.69 Å². The van der Waals surface area contributed by atoms with Crippen LogP contribution in [0.2, 0.25) is 0 Å². The van der Waals surface area contributed by atoms with Gasteiger partial charge in [-0.25, -0.2) is 0 Å². The quantitative estimate of drug-likeness (QED) is 0.633. The second-order valence-corrected chi connectivity index (χ2v) is 8.50. The van der Waals surface area contributed by atoms with Crippen molar-refractivity contribution >= 4 is 5.91 Å². The van der Waals surface area contributed by atoms with Gasteiger partial charge in [0.25, 0.3) is 5.91 Å². The molecule has 31 heavy (non-hydrogen) atoms. The van der Waals surface area contributed by atoms with Crippen LogP contribution >= 0.6 is 0 Å². The lowest BCUT2D eigenvalue weighted by Crippen LogP contribution is -2.51. The van der Waals surface area contributed by atoms with Gasteiger partial charge in [0.15, 0.2) is 0 Å². The Morgan fingerprint density at radius 3 is 2.52 bits per heavy atom. The molecule has 2 unspecified atom stereocenters. The van der Waals surface area contributed by atoms with Crippen LogP contribution in [0, 0.1) is 5.92 Å². The second kappa shape index (κ2) is 11.8. The minimum absolute atomic E-state index is 0.0336. The Bertz CT molecular complexity index is 785. The van der Waals surface area contributed by atoms with Gasteiger partial charge in [0.2, 0.25) is 0 Å². The monoisotopic (exact) mass is 426 g/mol. The van der Waals surface area contributed by atoms with Crippen molar-refractivity contribution in [2.24, 2.45) is 5.92 Å². The molecule has 3 rings (SSSR count). The van der Waals surface area contributed by atoms with Gasteiger partial charge < -0.3 is 19.5 Å². The summed E-state index contributed by atoms with van der Waals surface area (Å²) in [6.45, 7) is 8.24. The molecule has 1 aliphatic heterocycles. The molecule has 168 valence electrons.